The Labute approximate surface area is 453 Å². The monoisotopic (exact) mass is 1060 g/mol. The van der Waals surface area contributed by atoms with Crippen LogP contribution in [0.1, 0.15) is 84.4 Å². The van der Waals surface area contributed by atoms with Gasteiger partial charge in [-0.3, -0.25) is 9.59 Å². The van der Waals surface area contributed by atoms with Gasteiger partial charge in [0.2, 0.25) is 11.7 Å². The summed E-state index contributed by atoms with van der Waals surface area (Å²) in [5, 5.41) is 2.84. The van der Waals surface area contributed by atoms with Crippen LogP contribution in [0.3, 0.4) is 0 Å². The fraction of sp³-hybridized carbons (Fsp3) is 0.426. The molecule has 16 heteroatoms. The largest absolute Gasteiger partial charge is 0.493 e. The van der Waals surface area contributed by atoms with Crippen LogP contribution in [0.4, 0.5) is 5.69 Å². The molecule has 0 bridgehead atoms. The van der Waals surface area contributed by atoms with Crippen LogP contribution in [-0.4, -0.2) is 130 Å². The first-order chi connectivity index (χ1) is 37.7. The minimum atomic E-state index is -0.803. The molecule has 412 valence electrons. The fourth-order valence-electron chi connectivity index (χ4n) is 9.75. The second kappa shape index (κ2) is 29.9. The summed E-state index contributed by atoms with van der Waals surface area (Å²) in [7, 11) is 7.77. The lowest BCUT2D eigenvalue weighted by Gasteiger charge is -2.37. The zero-order valence-corrected chi connectivity index (χ0v) is 45.4. The van der Waals surface area contributed by atoms with Crippen LogP contribution in [-0.2, 0) is 46.3 Å². The molecule has 77 heavy (non-hydrogen) atoms. The Morgan fingerprint density at radius 2 is 1.35 bits per heavy atom. The third-order valence-electron chi connectivity index (χ3n) is 13.8. The molecule has 7 rings (SSSR count). The SMILES string of the molecule is CC[C@H](C(=O)N1CCCC[C@H]1C(=O)O[C@H](CCc1ccc(OC)c(OC)c1)c1cccc(OCC(=O)NCCOCCOCCOCCN2Cc3ccccc3/C=C\c3ccccc32)c1)c1cc(OC)c(OC)c(OC)c1. The third-order valence-corrected chi connectivity index (χ3v) is 13.8. The van der Waals surface area contributed by atoms with E-state index >= 15 is 0 Å². The van der Waals surface area contributed by atoms with Crippen molar-refractivity contribution in [2.75, 3.05) is 106 Å². The van der Waals surface area contributed by atoms with Crippen molar-refractivity contribution in [3.63, 3.8) is 0 Å². The third kappa shape index (κ3) is 15.9. The summed E-state index contributed by atoms with van der Waals surface area (Å²) in [6.07, 6.45) is 6.99. The number of carbonyl (C=O) groups is 3. The smallest absolute Gasteiger partial charge is 0.329 e. The zero-order valence-electron chi connectivity index (χ0n) is 45.4. The number of piperidine rings is 1. The molecule has 0 unspecified atom stereocenters. The van der Waals surface area contributed by atoms with Gasteiger partial charge < -0.3 is 62.5 Å². The van der Waals surface area contributed by atoms with Gasteiger partial charge in [0, 0.05) is 31.9 Å². The molecule has 5 aromatic rings. The van der Waals surface area contributed by atoms with E-state index in [9.17, 15) is 14.4 Å². The minimum Gasteiger partial charge on any atom is -0.493 e. The van der Waals surface area contributed by atoms with E-state index in [1.54, 1.807) is 49.5 Å². The van der Waals surface area contributed by atoms with Gasteiger partial charge >= 0.3 is 5.97 Å². The van der Waals surface area contributed by atoms with E-state index in [0.717, 1.165) is 31.5 Å². The van der Waals surface area contributed by atoms with Crippen LogP contribution in [0.25, 0.3) is 12.2 Å². The summed E-state index contributed by atoms with van der Waals surface area (Å²) in [6, 6.07) is 32.6. The van der Waals surface area contributed by atoms with E-state index < -0.39 is 24.0 Å². The van der Waals surface area contributed by atoms with Crippen LogP contribution >= 0.6 is 0 Å². The molecule has 2 heterocycles. The Morgan fingerprint density at radius 3 is 2.08 bits per heavy atom. The zero-order chi connectivity index (χ0) is 54.4. The lowest BCUT2D eigenvalue weighted by molar-refractivity contribution is -0.162. The highest BCUT2D eigenvalue weighted by atomic mass is 16.6. The number of methoxy groups -OCH3 is 5. The van der Waals surface area contributed by atoms with E-state index in [1.165, 1.54) is 43.7 Å². The van der Waals surface area contributed by atoms with E-state index in [4.69, 9.17) is 47.4 Å². The quantitative estimate of drug-likeness (QED) is 0.0356. The van der Waals surface area contributed by atoms with Gasteiger partial charge in [0.15, 0.2) is 29.6 Å². The highest BCUT2D eigenvalue weighted by Gasteiger charge is 2.38. The summed E-state index contributed by atoms with van der Waals surface area (Å²) in [4.78, 5) is 45.9. The van der Waals surface area contributed by atoms with Crippen molar-refractivity contribution in [2.45, 2.75) is 70.1 Å². The molecule has 0 radical (unpaired) electrons. The number of aryl methyl sites for hydroxylation is 1. The molecule has 2 aliphatic heterocycles. The number of hydrogen-bond donors (Lipinski definition) is 1. The predicted molar refractivity (Wildman–Crippen MR) is 295 cm³/mol. The predicted octanol–water partition coefficient (Wildman–Crippen LogP) is 9.26. The van der Waals surface area contributed by atoms with Gasteiger partial charge in [-0.05, 0) is 114 Å². The number of nitrogens with one attached hydrogen (secondary N) is 1. The van der Waals surface area contributed by atoms with Crippen molar-refractivity contribution in [1.82, 2.24) is 10.2 Å². The standard InChI is InChI=1S/C61H75N3O13/c1-7-50(48-39-56(70-4)59(72-6)57(40-48)71-5)60(66)64-29-13-12-21-52(64)61(67)77-53(26-22-43-23-27-54(68-2)55(37-43)69-3)46-18-14-19-49(38-46)76-42-58(65)62-28-31-73-33-35-75-36-34-74-32-30-63-41-47-17-9-8-15-44(47)24-25-45-16-10-11-20-51(45)63/h8-11,14-20,23-25,27,37-40,50,52-53H,7,12-13,21-22,26,28-36,41-42H2,1-6H3,(H,62,65)/b25-24-/t50-,52-,53+/m0/s1. The Bertz CT molecular complexity index is 2700. The van der Waals surface area contributed by atoms with Crippen LogP contribution in [0.2, 0.25) is 0 Å². The number of rotatable bonds is 29. The maximum atomic E-state index is 14.5. The van der Waals surface area contributed by atoms with Gasteiger partial charge in [0.25, 0.3) is 5.91 Å². The maximum absolute atomic E-state index is 14.5. The number of para-hydroxylation sites is 1. The van der Waals surface area contributed by atoms with Gasteiger partial charge in [0.05, 0.1) is 81.1 Å². The first-order valence-corrected chi connectivity index (χ1v) is 26.5. The Balaban J connectivity index is 0.876. The molecule has 0 aromatic heterocycles. The lowest BCUT2D eigenvalue weighted by Crippen LogP contribution is -2.50. The topological polar surface area (TPSA) is 162 Å². The van der Waals surface area contributed by atoms with Gasteiger partial charge in [0.1, 0.15) is 17.9 Å². The Hall–Kier alpha value is -7.27. The molecular weight excluding hydrogens is 983 g/mol. The molecule has 0 spiro atoms. The maximum Gasteiger partial charge on any atom is 0.329 e. The Morgan fingerprint density at radius 1 is 0.662 bits per heavy atom. The minimum absolute atomic E-state index is 0.181. The molecule has 5 aromatic carbocycles. The normalized spacial score (nSPS) is 15.1. The highest BCUT2D eigenvalue weighted by Crippen LogP contribution is 2.42. The average Bonchev–Trinajstić information content (AvgIpc) is 3.46. The first kappa shape index (κ1) is 57.4. The lowest BCUT2D eigenvalue weighted by atomic mass is 9.91. The average molecular weight is 1060 g/mol. The number of fused-ring (bicyclic) bond motifs is 2. The van der Waals surface area contributed by atoms with Crippen molar-refractivity contribution in [3.8, 4) is 34.5 Å². The second-order valence-electron chi connectivity index (χ2n) is 18.7. The van der Waals surface area contributed by atoms with Gasteiger partial charge in [-0.25, -0.2) is 4.79 Å². The number of nitrogens with zero attached hydrogens (tertiary/aromatic N) is 2. The second-order valence-corrected chi connectivity index (χ2v) is 18.7. The van der Waals surface area contributed by atoms with Crippen LogP contribution in [0, 0.1) is 0 Å². The number of anilines is 1. The number of likely N-dealkylation sites (tertiary alicyclic amines) is 1. The number of esters is 1. The highest BCUT2D eigenvalue weighted by molar-refractivity contribution is 5.89. The fourth-order valence-corrected chi connectivity index (χ4v) is 9.75. The summed E-state index contributed by atoms with van der Waals surface area (Å²) in [6.45, 7) is 6.51. The molecule has 16 nitrogen and oxygen atoms in total. The van der Waals surface area contributed by atoms with Gasteiger partial charge in [-0.15, -0.1) is 0 Å². The number of hydrogen-bond acceptors (Lipinski definition) is 14. The van der Waals surface area contributed by atoms with Crippen molar-refractivity contribution in [2.24, 2.45) is 0 Å². The summed E-state index contributed by atoms with van der Waals surface area (Å²) < 4.78 is 57.6. The van der Waals surface area contributed by atoms with E-state index in [2.05, 4.69) is 70.9 Å². The molecule has 1 fully saturated rings. The van der Waals surface area contributed by atoms with Gasteiger partial charge in [-0.1, -0.05) is 79.7 Å². The molecule has 0 saturated carbocycles. The molecule has 3 atom stereocenters. The summed E-state index contributed by atoms with van der Waals surface area (Å²) >= 11 is 0. The summed E-state index contributed by atoms with van der Waals surface area (Å²) in [5.74, 6) is 1.35. The first-order valence-electron chi connectivity index (χ1n) is 26.5. The molecular formula is C61H75N3O13. The van der Waals surface area contributed by atoms with Gasteiger partial charge in [-0.2, -0.15) is 0 Å². The van der Waals surface area contributed by atoms with Crippen molar-refractivity contribution in [3.05, 3.63) is 137 Å². The van der Waals surface area contributed by atoms with Crippen LogP contribution in [0.5, 0.6) is 34.5 Å². The number of carbonyl (C=O) groups excluding carboxylic acids is 3. The van der Waals surface area contributed by atoms with E-state index in [1.807, 2.05) is 31.2 Å². The van der Waals surface area contributed by atoms with Crippen molar-refractivity contribution >= 4 is 35.6 Å². The Kier molecular flexibility index (Phi) is 22.3. The molecule has 1 N–H and O–H groups in total. The van der Waals surface area contributed by atoms with Crippen molar-refractivity contribution < 1.29 is 61.8 Å². The van der Waals surface area contributed by atoms with E-state index in [-0.39, 0.29) is 18.4 Å². The van der Waals surface area contributed by atoms with Crippen LogP contribution < -0.4 is 38.6 Å². The van der Waals surface area contributed by atoms with Crippen LogP contribution in [0.15, 0.2) is 103 Å². The number of amides is 2. The van der Waals surface area contributed by atoms with E-state index in [0.29, 0.717) is 124 Å². The molecule has 2 amide bonds. The molecule has 1 saturated heterocycles. The van der Waals surface area contributed by atoms with Crippen molar-refractivity contribution in [1.29, 1.82) is 0 Å². The molecule has 2 aliphatic rings. The number of ether oxygens (including phenoxy) is 10. The number of benzene rings is 5. The molecule has 0 aliphatic carbocycles. The summed E-state index contributed by atoms with van der Waals surface area (Å²) in [5.41, 5.74) is 7.19.